The van der Waals surface area contributed by atoms with Crippen LogP contribution < -0.4 is 5.32 Å². The Morgan fingerprint density at radius 1 is 1.19 bits per heavy atom. The van der Waals surface area contributed by atoms with Gasteiger partial charge < -0.3 is 10.3 Å². The average Bonchev–Trinajstić information content (AvgIpc) is 3.05. The van der Waals surface area contributed by atoms with E-state index in [-0.39, 0.29) is 17.6 Å². The zero-order valence-electron chi connectivity index (χ0n) is 14.6. The van der Waals surface area contributed by atoms with E-state index < -0.39 is 0 Å². The number of aromatic nitrogens is 2. The van der Waals surface area contributed by atoms with E-state index in [4.69, 9.17) is 0 Å². The quantitative estimate of drug-likeness (QED) is 0.550. The number of benzene rings is 2. The molecule has 1 unspecified atom stereocenters. The second-order valence-electron chi connectivity index (χ2n) is 7.08. The van der Waals surface area contributed by atoms with Gasteiger partial charge in [-0.1, -0.05) is 18.2 Å². The van der Waals surface area contributed by atoms with Crippen molar-refractivity contribution in [1.29, 1.82) is 0 Å². The van der Waals surface area contributed by atoms with Crippen LogP contribution in [0.4, 0.5) is 10.1 Å². The van der Waals surface area contributed by atoms with E-state index in [9.17, 15) is 9.18 Å². The van der Waals surface area contributed by atoms with Gasteiger partial charge in [0.25, 0.3) is 0 Å². The van der Waals surface area contributed by atoms with E-state index in [1.165, 1.54) is 6.07 Å². The van der Waals surface area contributed by atoms with Gasteiger partial charge in [-0.3, -0.25) is 9.78 Å². The van der Waals surface area contributed by atoms with Crippen LogP contribution in [0.2, 0.25) is 0 Å². The van der Waals surface area contributed by atoms with E-state index in [2.05, 4.69) is 15.3 Å². The van der Waals surface area contributed by atoms with E-state index in [1.807, 2.05) is 30.3 Å². The summed E-state index contributed by atoms with van der Waals surface area (Å²) in [7, 11) is 0. The number of aromatic amines is 1. The predicted molar refractivity (Wildman–Crippen MR) is 104 cm³/mol. The lowest BCUT2D eigenvalue weighted by Crippen LogP contribution is -2.28. The first-order valence-electron chi connectivity index (χ1n) is 9.12. The number of hydrogen-bond acceptors (Lipinski definition) is 2. The third kappa shape index (κ3) is 2.76. The van der Waals surface area contributed by atoms with Gasteiger partial charge in [0.05, 0.1) is 11.2 Å². The van der Waals surface area contributed by atoms with Gasteiger partial charge in [0, 0.05) is 34.1 Å². The molecule has 1 aliphatic carbocycles. The van der Waals surface area contributed by atoms with Gasteiger partial charge in [0.1, 0.15) is 5.82 Å². The van der Waals surface area contributed by atoms with Crippen LogP contribution in [0.15, 0.2) is 54.7 Å². The number of hydrogen-bond donors (Lipinski definition) is 2. The van der Waals surface area contributed by atoms with Gasteiger partial charge in [0.15, 0.2) is 0 Å². The number of rotatable bonds is 2. The fourth-order valence-corrected chi connectivity index (χ4v) is 4.05. The maximum absolute atomic E-state index is 13.7. The highest BCUT2D eigenvalue weighted by atomic mass is 19.1. The summed E-state index contributed by atoms with van der Waals surface area (Å²) in [6.07, 6.45) is 3.90. The normalized spacial score (nSPS) is 16.4. The number of carbonyl (C=O) groups excluding carboxylic acids is 1. The van der Waals surface area contributed by atoms with Crippen molar-refractivity contribution in [1.82, 2.24) is 9.97 Å². The second-order valence-corrected chi connectivity index (χ2v) is 7.08. The topological polar surface area (TPSA) is 57.8 Å². The summed E-state index contributed by atoms with van der Waals surface area (Å²) in [6.45, 7) is 0. The van der Waals surface area contributed by atoms with Crippen molar-refractivity contribution >= 4 is 33.4 Å². The van der Waals surface area contributed by atoms with Gasteiger partial charge in [-0.15, -0.1) is 0 Å². The lowest BCUT2D eigenvalue weighted by molar-refractivity contribution is -0.120. The molecular weight excluding hydrogens is 341 g/mol. The molecule has 2 aromatic heterocycles. The first-order valence-corrected chi connectivity index (χ1v) is 9.12. The van der Waals surface area contributed by atoms with Crippen LogP contribution in [0.25, 0.3) is 21.8 Å². The third-order valence-corrected chi connectivity index (χ3v) is 5.41. The molecule has 0 fully saturated rings. The number of fused-ring (bicyclic) bond motifs is 4. The molecule has 1 aliphatic rings. The number of anilines is 1. The smallest absolute Gasteiger partial charge is 0.227 e. The molecule has 4 nitrogen and oxygen atoms in total. The SMILES string of the molecule is O=C(Nc1cccc2cccnc12)C1CCc2[nH]c3ccc(F)cc3c2C1. The molecule has 5 rings (SSSR count). The van der Waals surface area contributed by atoms with E-state index in [0.29, 0.717) is 6.42 Å². The van der Waals surface area contributed by atoms with E-state index >= 15 is 0 Å². The predicted octanol–water partition coefficient (Wildman–Crippen LogP) is 4.60. The molecule has 0 radical (unpaired) electrons. The zero-order chi connectivity index (χ0) is 18.4. The standard InChI is InChI=1S/C22H18FN3O/c23-15-7-9-19-17(12-15)16-11-14(6-8-18(16)25-19)22(27)26-20-5-1-3-13-4-2-10-24-21(13)20/h1-5,7,9-10,12,14,25H,6,8,11H2,(H,26,27). The summed E-state index contributed by atoms with van der Waals surface area (Å²) in [5, 5.41) is 4.93. The number of pyridine rings is 1. The number of halogens is 1. The van der Waals surface area contributed by atoms with Crippen molar-refractivity contribution in [3.63, 3.8) is 0 Å². The first-order chi connectivity index (χ1) is 13.2. The number of aryl methyl sites for hydroxylation is 1. The molecule has 4 aromatic rings. The molecule has 2 heterocycles. The molecule has 5 heteroatoms. The maximum Gasteiger partial charge on any atom is 0.227 e. The van der Waals surface area contributed by atoms with Crippen LogP contribution in [0.1, 0.15) is 17.7 Å². The van der Waals surface area contributed by atoms with Crippen molar-refractivity contribution in [3.05, 3.63) is 71.8 Å². The molecule has 0 aliphatic heterocycles. The largest absolute Gasteiger partial charge is 0.358 e. The van der Waals surface area contributed by atoms with Crippen LogP contribution in [0.3, 0.4) is 0 Å². The Labute approximate surface area is 155 Å². The average molecular weight is 359 g/mol. The molecule has 1 atom stereocenters. The number of nitrogens with one attached hydrogen (secondary N) is 2. The fourth-order valence-electron chi connectivity index (χ4n) is 4.05. The molecule has 0 saturated carbocycles. The Morgan fingerprint density at radius 2 is 2.07 bits per heavy atom. The van der Waals surface area contributed by atoms with Crippen LogP contribution in [0.5, 0.6) is 0 Å². The second kappa shape index (κ2) is 6.20. The highest BCUT2D eigenvalue weighted by Gasteiger charge is 2.28. The molecule has 0 spiro atoms. The minimum Gasteiger partial charge on any atom is -0.358 e. The van der Waals surface area contributed by atoms with Gasteiger partial charge >= 0.3 is 0 Å². The molecule has 0 saturated heterocycles. The van der Waals surface area contributed by atoms with Crippen molar-refractivity contribution in [2.24, 2.45) is 5.92 Å². The van der Waals surface area contributed by atoms with Crippen molar-refractivity contribution in [3.8, 4) is 0 Å². The highest BCUT2D eigenvalue weighted by molar-refractivity contribution is 6.01. The monoisotopic (exact) mass is 359 g/mol. The molecule has 0 bridgehead atoms. The van der Waals surface area contributed by atoms with Crippen molar-refractivity contribution < 1.29 is 9.18 Å². The first kappa shape index (κ1) is 16.0. The van der Waals surface area contributed by atoms with Gasteiger partial charge in [0.2, 0.25) is 5.91 Å². The molecule has 2 aromatic carbocycles. The summed E-state index contributed by atoms with van der Waals surface area (Å²) in [6, 6.07) is 14.4. The zero-order valence-corrected chi connectivity index (χ0v) is 14.6. The summed E-state index contributed by atoms with van der Waals surface area (Å²) in [5.74, 6) is -0.402. The van der Waals surface area contributed by atoms with Crippen LogP contribution in [-0.4, -0.2) is 15.9 Å². The summed E-state index contributed by atoms with van der Waals surface area (Å²) < 4.78 is 13.7. The Balaban J connectivity index is 1.43. The minimum absolute atomic E-state index is 0.00967. The Bertz CT molecular complexity index is 1180. The van der Waals surface area contributed by atoms with Gasteiger partial charge in [-0.2, -0.15) is 0 Å². The van der Waals surface area contributed by atoms with Crippen LogP contribution in [0, 0.1) is 11.7 Å². The lowest BCUT2D eigenvalue weighted by Gasteiger charge is -2.22. The number of H-pyrrole nitrogens is 1. The number of para-hydroxylation sites is 1. The van der Waals surface area contributed by atoms with E-state index in [0.717, 1.165) is 51.6 Å². The summed E-state index contributed by atoms with van der Waals surface area (Å²) >= 11 is 0. The number of nitrogens with zero attached hydrogens (tertiary/aromatic N) is 1. The Morgan fingerprint density at radius 3 is 3.00 bits per heavy atom. The third-order valence-electron chi connectivity index (χ3n) is 5.41. The number of amides is 1. The van der Waals surface area contributed by atoms with Gasteiger partial charge in [-0.05, 0) is 55.2 Å². The van der Waals surface area contributed by atoms with Crippen LogP contribution >= 0.6 is 0 Å². The van der Waals surface area contributed by atoms with Crippen molar-refractivity contribution in [2.75, 3.05) is 5.32 Å². The summed E-state index contributed by atoms with van der Waals surface area (Å²) in [4.78, 5) is 20.7. The molecule has 134 valence electrons. The maximum atomic E-state index is 13.7. The van der Waals surface area contributed by atoms with E-state index in [1.54, 1.807) is 18.3 Å². The molecule has 2 N–H and O–H groups in total. The minimum atomic E-state index is -0.252. The van der Waals surface area contributed by atoms with Gasteiger partial charge in [-0.25, -0.2) is 4.39 Å². The van der Waals surface area contributed by atoms with Crippen molar-refractivity contribution in [2.45, 2.75) is 19.3 Å². The number of carbonyl (C=O) groups is 1. The fraction of sp³-hybridized carbons (Fsp3) is 0.182. The molecule has 27 heavy (non-hydrogen) atoms. The summed E-state index contributed by atoms with van der Waals surface area (Å²) in [5.41, 5.74) is 4.63. The highest BCUT2D eigenvalue weighted by Crippen LogP contribution is 2.33. The Kier molecular flexibility index (Phi) is 3.67. The molecular formula is C22H18FN3O. The molecule has 1 amide bonds. The van der Waals surface area contributed by atoms with Crippen LogP contribution in [-0.2, 0) is 17.6 Å². The lowest BCUT2D eigenvalue weighted by atomic mass is 9.85. The Hall–Kier alpha value is -3.21.